The largest absolute Gasteiger partial charge is 0.497 e. The molecule has 0 aliphatic heterocycles. The van der Waals surface area contributed by atoms with E-state index >= 15 is 0 Å². The molecule has 1 N–H and O–H groups in total. The topological polar surface area (TPSA) is 111 Å². The Labute approximate surface area is 182 Å². The normalized spacial score (nSPS) is 11.1. The summed E-state index contributed by atoms with van der Waals surface area (Å²) in [5, 5.41) is 2.54. The maximum absolute atomic E-state index is 12.5. The van der Waals surface area contributed by atoms with E-state index in [2.05, 4.69) is 5.32 Å². The van der Waals surface area contributed by atoms with Crippen molar-refractivity contribution in [1.29, 1.82) is 0 Å². The minimum atomic E-state index is -3.57. The van der Waals surface area contributed by atoms with Gasteiger partial charge in [0.15, 0.2) is 13.2 Å². The van der Waals surface area contributed by atoms with E-state index in [0.29, 0.717) is 30.3 Å². The predicted molar refractivity (Wildman–Crippen MR) is 115 cm³/mol. The van der Waals surface area contributed by atoms with Crippen LogP contribution in [0.1, 0.15) is 13.8 Å². The summed E-state index contributed by atoms with van der Waals surface area (Å²) in [7, 11) is -2.03. The number of amides is 1. The predicted octanol–water partition coefficient (Wildman–Crippen LogP) is 2.29. The highest BCUT2D eigenvalue weighted by Gasteiger charge is 2.21. The van der Waals surface area contributed by atoms with Gasteiger partial charge in [0.2, 0.25) is 10.0 Å². The number of benzene rings is 2. The first-order valence-corrected chi connectivity index (χ1v) is 11.1. The molecule has 0 spiro atoms. The van der Waals surface area contributed by atoms with Gasteiger partial charge in [-0.05, 0) is 48.5 Å². The van der Waals surface area contributed by atoms with Crippen molar-refractivity contribution in [2.45, 2.75) is 18.7 Å². The van der Waals surface area contributed by atoms with Gasteiger partial charge >= 0.3 is 5.97 Å². The molecule has 168 valence electrons. The molecule has 1 amide bonds. The van der Waals surface area contributed by atoms with Gasteiger partial charge < -0.3 is 19.5 Å². The van der Waals surface area contributed by atoms with Crippen LogP contribution in [0, 0.1) is 0 Å². The second-order valence-corrected chi connectivity index (χ2v) is 8.22. The van der Waals surface area contributed by atoms with Gasteiger partial charge in [0.05, 0.1) is 12.0 Å². The third-order valence-corrected chi connectivity index (χ3v) is 6.33. The first-order chi connectivity index (χ1) is 14.8. The van der Waals surface area contributed by atoms with Gasteiger partial charge in [0.1, 0.15) is 11.5 Å². The molecule has 0 heterocycles. The first-order valence-electron chi connectivity index (χ1n) is 9.62. The lowest BCUT2D eigenvalue weighted by Crippen LogP contribution is -2.30. The van der Waals surface area contributed by atoms with Crippen molar-refractivity contribution in [1.82, 2.24) is 4.31 Å². The molecule has 31 heavy (non-hydrogen) atoms. The molecule has 0 aliphatic rings. The number of ether oxygens (including phenoxy) is 3. The van der Waals surface area contributed by atoms with Crippen LogP contribution < -0.4 is 14.8 Å². The van der Waals surface area contributed by atoms with Gasteiger partial charge in [0, 0.05) is 18.8 Å². The first kappa shape index (κ1) is 24.2. The van der Waals surface area contributed by atoms with E-state index in [1.54, 1.807) is 45.2 Å². The van der Waals surface area contributed by atoms with Gasteiger partial charge in [-0.15, -0.1) is 0 Å². The van der Waals surface area contributed by atoms with Crippen molar-refractivity contribution in [3.63, 3.8) is 0 Å². The second-order valence-electron chi connectivity index (χ2n) is 6.29. The molecule has 0 atom stereocenters. The molecule has 9 nitrogen and oxygen atoms in total. The highest BCUT2D eigenvalue weighted by molar-refractivity contribution is 7.89. The van der Waals surface area contributed by atoms with Gasteiger partial charge in [-0.2, -0.15) is 4.31 Å². The highest BCUT2D eigenvalue weighted by Crippen LogP contribution is 2.19. The number of esters is 1. The smallest absolute Gasteiger partial charge is 0.344 e. The maximum atomic E-state index is 12.5. The summed E-state index contributed by atoms with van der Waals surface area (Å²) in [6, 6.07) is 12.4. The number of rotatable bonds is 11. The van der Waals surface area contributed by atoms with Crippen LogP contribution in [-0.2, 0) is 24.3 Å². The van der Waals surface area contributed by atoms with Gasteiger partial charge in [-0.1, -0.05) is 13.8 Å². The maximum Gasteiger partial charge on any atom is 0.344 e. The fourth-order valence-corrected chi connectivity index (χ4v) is 4.08. The number of methoxy groups -OCH3 is 1. The Bertz CT molecular complexity index is 970. The van der Waals surface area contributed by atoms with Gasteiger partial charge in [0.25, 0.3) is 5.91 Å². The van der Waals surface area contributed by atoms with E-state index in [0.717, 1.165) is 0 Å². The van der Waals surface area contributed by atoms with E-state index in [1.807, 2.05) is 0 Å². The zero-order chi connectivity index (χ0) is 22.9. The molecule has 0 saturated heterocycles. The number of carbonyl (C=O) groups is 2. The Morgan fingerprint density at radius 1 is 0.903 bits per heavy atom. The molecule has 0 bridgehead atoms. The zero-order valence-electron chi connectivity index (χ0n) is 17.7. The van der Waals surface area contributed by atoms with Crippen LogP contribution in [0.3, 0.4) is 0 Å². The SMILES string of the molecule is CCN(CC)S(=O)(=O)c1ccc(NC(=O)COC(=O)COc2ccc(OC)cc2)cc1. The molecule has 0 radical (unpaired) electrons. The van der Waals surface area contributed by atoms with Gasteiger partial charge in [-0.3, -0.25) is 4.79 Å². The highest BCUT2D eigenvalue weighted by atomic mass is 32.2. The van der Waals surface area contributed by atoms with Crippen molar-refractivity contribution in [3.05, 3.63) is 48.5 Å². The van der Waals surface area contributed by atoms with Crippen molar-refractivity contribution in [2.24, 2.45) is 0 Å². The fraction of sp³-hybridized carbons (Fsp3) is 0.333. The Balaban J connectivity index is 1.80. The Kier molecular flexibility index (Phi) is 8.83. The number of anilines is 1. The molecule has 2 aromatic carbocycles. The average Bonchev–Trinajstić information content (AvgIpc) is 2.77. The summed E-state index contributed by atoms with van der Waals surface area (Å²) in [5.74, 6) is -0.143. The van der Waals surface area contributed by atoms with Crippen molar-refractivity contribution in [2.75, 3.05) is 38.7 Å². The summed E-state index contributed by atoms with van der Waals surface area (Å²) in [6.45, 7) is 3.41. The van der Waals surface area contributed by atoms with Crippen molar-refractivity contribution in [3.8, 4) is 11.5 Å². The van der Waals surface area contributed by atoms with Crippen molar-refractivity contribution >= 4 is 27.6 Å². The Morgan fingerprint density at radius 2 is 1.48 bits per heavy atom. The van der Waals surface area contributed by atoms with Crippen LogP contribution in [0.15, 0.2) is 53.4 Å². The molecule has 0 aliphatic carbocycles. The monoisotopic (exact) mass is 450 g/mol. The van der Waals surface area contributed by atoms with Crippen LogP contribution in [0.25, 0.3) is 0 Å². The molecule has 0 aromatic heterocycles. The fourth-order valence-electron chi connectivity index (χ4n) is 2.62. The lowest BCUT2D eigenvalue weighted by molar-refractivity contribution is -0.149. The van der Waals surface area contributed by atoms with E-state index < -0.39 is 28.5 Å². The van der Waals surface area contributed by atoms with Crippen LogP contribution in [0.5, 0.6) is 11.5 Å². The van der Waals surface area contributed by atoms with Crippen molar-refractivity contribution < 1.29 is 32.2 Å². The average molecular weight is 451 g/mol. The minimum absolute atomic E-state index is 0.135. The Hall–Kier alpha value is -3.11. The zero-order valence-corrected chi connectivity index (χ0v) is 18.5. The summed E-state index contributed by atoms with van der Waals surface area (Å²) in [4.78, 5) is 23.9. The lowest BCUT2D eigenvalue weighted by atomic mass is 10.3. The number of sulfonamides is 1. The number of carbonyl (C=O) groups excluding carboxylic acids is 2. The van der Waals surface area contributed by atoms with E-state index in [9.17, 15) is 18.0 Å². The van der Waals surface area contributed by atoms with Crippen LogP contribution in [0.4, 0.5) is 5.69 Å². The van der Waals surface area contributed by atoms with E-state index in [1.165, 1.54) is 28.6 Å². The summed E-state index contributed by atoms with van der Waals surface area (Å²) in [5.41, 5.74) is 0.383. The lowest BCUT2D eigenvalue weighted by Gasteiger charge is -2.18. The molecular formula is C21H26N2O7S. The molecule has 2 aromatic rings. The van der Waals surface area contributed by atoms with E-state index in [-0.39, 0.29) is 11.5 Å². The van der Waals surface area contributed by atoms with Crippen LogP contribution >= 0.6 is 0 Å². The quantitative estimate of drug-likeness (QED) is 0.523. The molecule has 0 saturated carbocycles. The van der Waals surface area contributed by atoms with Crippen LogP contribution in [-0.4, -0.2) is 58.0 Å². The number of hydrogen-bond donors (Lipinski definition) is 1. The second kappa shape index (κ2) is 11.3. The number of nitrogens with zero attached hydrogens (tertiary/aromatic N) is 1. The van der Waals surface area contributed by atoms with Crippen LogP contribution in [0.2, 0.25) is 0 Å². The molecule has 0 fully saturated rings. The third-order valence-electron chi connectivity index (χ3n) is 4.26. The third kappa shape index (κ3) is 6.97. The standard InChI is InChI=1S/C21H26N2O7S/c1-4-23(5-2)31(26,27)19-12-6-16(7-13-19)22-20(24)14-30-21(25)15-29-18-10-8-17(28-3)9-11-18/h6-13H,4-5,14-15H2,1-3H3,(H,22,24). The van der Waals surface area contributed by atoms with Gasteiger partial charge in [-0.25, -0.2) is 13.2 Å². The minimum Gasteiger partial charge on any atom is -0.497 e. The molecule has 2 rings (SSSR count). The molecular weight excluding hydrogens is 424 g/mol. The summed E-state index contributed by atoms with van der Waals surface area (Å²) in [6.07, 6.45) is 0. The Morgan fingerprint density at radius 3 is 2.03 bits per heavy atom. The summed E-state index contributed by atoms with van der Waals surface area (Å²) >= 11 is 0. The number of nitrogens with one attached hydrogen (secondary N) is 1. The number of hydrogen-bond acceptors (Lipinski definition) is 7. The molecule has 0 unspecified atom stereocenters. The molecule has 10 heteroatoms. The van der Waals surface area contributed by atoms with E-state index in [4.69, 9.17) is 14.2 Å². The summed E-state index contributed by atoms with van der Waals surface area (Å²) < 4.78 is 41.5.